The van der Waals surface area contributed by atoms with Crippen LogP contribution in [0.15, 0.2) is 0 Å². The number of carboxylic acid groups (broad SMARTS) is 2. The van der Waals surface area contributed by atoms with Crippen molar-refractivity contribution < 1.29 is 56.2 Å². The van der Waals surface area contributed by atoms with Crippen molar-refractivity contribution in [2.75, 3.05) is 6.61 Å². The topological polar surface area (TPSA) is 135 Å². The Morgan fingerprint density at radius 1 is 0.692 bits per heavy atom. The number of Topliss-reactive ketones (excluding diaryl/α,β-unsaturated/α-hetero) is 2. The molecule has 8 heteroatoms. The van der Waals surface area contributed by atoms with Gasteiger partial charge in [0.1, 0.15) is 11.6 Å². The molecule has 1 N–H and O–H groups in total. The third-order valence-corrected chi connectivity index (χ3v) is 2.81. The molecule has 0 aromatic carbocycles. The van der Waals surface area contributed by atoms with Crippen LogP contribution in [-0.2, 0) is 40.9 Å². The minimum absolute atomic E-state index is 0. The van der Waals surface area contributed by atoms with Gasteiger partial charge < -0.3 is 24.9 Å². The van der Waals surface area contributed by atoms with Crippen LogP contribution in [0.2, 0.25) is 0 Å². The molecule has 0 aromatic rings. The third-order valence-electron chi connectivity index (χ3n) is 2.81. The molecule has 0 aliphatic carbocycles. The van der Waals surface area contributed by atoms with Crippen molar-refractivity contribution in [1.82, 2.24) is 0 Å². The van der Waals surface area contributed by atoms with Gasteiger partial charge in [0.15, 0.2) is 0 Å². The van der Waals surface area contributed by atoms with Gasteiger partial charge in [0.25, 0.3) is 0 Å². The molecule has 150 valence electrons. The van der Waals surface area contributed by atoms with E-state index in [1.54, 1.807) is 0 Å². The van der Waals surface area contributed by atoms with Crippen molar-refractivity contribution >= 4 is 23.5 Å². The fourth-order valence-electron chi connectivity index (χ4n) is 1.40. The van der Waals surface area contributed by atoms with E-state index >= 15 is 0 Å². The summed E-state index contributed by atoms with van der Waals surface area (Å²) in [5, 5.41) is 27.7. The van der Waals surface area contributed by atoms with Crippen molar-refractivity contribution in [2.45, 2.75) is 85.0 Å². The maximum atomic E-state index is 10.6. The average Bonchev–Trinajstić information content (AvgIpc) is 2.51. The molecule has 0 unspecified atom stereocenters. The molecule has 26 heavy (non-hydrogen) atoms. The van der Waals surface area contributed by atoms with Crippen LogP contribution in [0.25, 0.3) is 0 Å². The molecule has 0 fully saturated rings. The molecule has 0 aliphatic heterocycles. The first-order valence-electron chi connectivity index (χ1n) is 8.78. The SMILES string of the molecule is CCCCC(=O)CC(=O)[O-].CCCCC(=O)CC(=O)[O-].CCCCO.[Ti+2]. The number of aliphatic hydroxyl groups excluding tert-OH is 1. The predicted molar refractivity (Wildman–Crippen MR) is 90.3 cm³/mol. The zero-order valence-electron chi connectivity index (χ0n) is 16.2. The van der Waals surface area contributed by atoms with Crippen LogP contribution in [0.3, 0.4) is 0 Å². The number of aliphatic carboxylic acids is 2. The first-order chi connectivity index (χ1) is 11.7. The number of hydrogen-bond donors (Lipinski definition) is 1. The molecule has 0 saturated heterocycles. The standard InChI is InChI=1S/2C7H12O3.C4H10O.Ti/c2*1-2-3-4-6(8)5-7(9)10;1-2-3-4-5;/h2*2-5H2,1H3,(H,9,10);5H,2-4H2,1H3;/q;;;+2/p-2. The molecule has 0 atom stereocenters. The van der Waals surface area contributed by atoms with E-state index in [4.69, 9.17) is 5.11 Å². The van der Waals surface area contributed by atoms with Crippen molar-refractivity contribution in [3.63, 3.8) is 0 Å². The van der Waals surface area contributed by atoms with E-state index < -0.39 is 24.8 Å². The molecular weight excluding hydrogens is 376 g/mol. The van der Waals surface area contributed by atoms with E-state index in [1.165, 1.54) is 0 Å². The summed E-state index contributed by atoms with van der Waals surface area (Å²) in [6, 6.07) is 0. The Hall–Kier alpha value is -1.05. The quantitative estimate of drug-likeness (QED) is 0.368. The Morgan fingerprint density at radius 3 is 1.15 bits per heavy atom. The number of carbonyl (C=O) groups is 4. The monoisotopic (exact) mass is 408 g/mol. The van der Waals surface area contributed by atoms with Gasteiger partial charge in [-0.1, -0.05) is 40.0 Å². The fraction of sp³-hybridized carbons (Fsp3) is 0.778. The fourth-order valence-corrected chi connectivity index (χ4v) is 1.40. The normalized spacial score (nSPS) is 8.77. The molecule has 0 spiro atoms. The first kappa shape index (κ1) is 32.6. The van der Waals surface area contributed by atoms with Crippen LogP contribution >= 0.6 is 0 Å². The average molecular weight is 408 g/mol. The molecule has 0 bridgehead atoms. The summed E-state index contributed by atoms with van der Waals surface area (Å²) in [5.74, 6) is -3.02. The number of carbonyl (C=O) groups excluding carboxylic acids is 4. The van der Waals surface area contributed by atoms with Crippen LogP contribution < -0.4 is 10.2 Å². The van der Waals surface area contributed by atoms with Crippen LogP contribution in [0, 0.1) is 0 Å². The summed E-state index contributed by atoms with van der Waals surface area (Å²) in [6.45, 7) is 6.30. The van der Waals surface area contributed by atoms with Gasteiger partial charge in [-0.3, -0.25) is 9.59 Å². The first-order valence-corrected chi connectivity index (χ1v) is 8.78. The maximum absolute atomic E-state index is 10.6. The number of carboxylic acids is 2. The summed E-state index contributed by atoms with van der Waals surface area (Å²) >= 11 is 0. The van der Waals surface area contributed by atoms with Gasteiger partial charge in [0, 0.05) is 44.2 Å². The summed E-state index contributed by atoms with van der Waals surface area (Å²) < 4.78 is 0. The van der Waals surface area contributed by atoms with Gasteiger partial charge in [-0.2, -0.15) is 0 Å². The van der Waals surface area contributed by atoms with E-state index in [1.807, 2.05) is 13.8 Å². The number of ketones is 2. The molecule has 0 radical (unpaired) electrons. The van der Waals surface area contributed by atoms with Gasteiger partial charge in [0.2, 0.25) is 0 Å². The van der Waals surface area contributed by atoms with Gasteiger partial charge in [-0.05, 0) is 19.3 Å². The van der Waals surface area contributed by atoms with Crippen LogP contribution in [-0.4, -0.2) is 35.2 Å². The largest absolute Gasteiger partial charge is 2.00 e. The Labute approximate surface area is 171 Å². The maximum Gasteiger partial charge on any atom is 2.00 e. The van der Waals surface area contributed by atoms with Gasteiger partial charge in [-0.15, -0.1) is 0 Å². The molecule has 0 saturated carbocycles. The Bertz CT molecular complexity index is 337. The summed E-state index contributed by atoms with van der Waals surface area (Å²) in [6.07, 6.45) is 5.28. The Kier molecular flexibility index (Phi) is 32.8. The second kappa shape index (κ2) is 26.2. The van der Waals surface area contributed by atoms with E-state index in [-0.39, 0.29) is 33.3 Å². The number of rotatable bonds is 12. The zero-order valence-corrected chi connectivity index (χ0v) is 17.7. The predicted octanol–water partition coefficient (Wildman–Crippen LogP) is 0.548. The molecule has 0 aromatic heterocycles. The zero-order chi connectivity index (χ0) is 20.1. The van der Waals surface area contributed by atoms with Gasteiger partial charge in [-0.25, -0.2) is 0 Å². The summed E-state index contributed by atoms with van der Waals surface area (Å²) in [5.41, 5.74) is 0. The van der Waals surface area contributed by atoms with Crippen molar-refractivity contribution in [2.24, 2.45) is 0 Å². The Morgan fingerprint density at radius 2 is 1.00 bits per heavy atom. The van der Waals surface area contributed by atoms with Crippen molar-refractivity contribution in [1.29, 1.82) is 0 Å². The third kappa shape index (κ3) is 38.5. The molecular formula is C18H32O7Ti. The van der Waals surface area contributed by atoms with E-state index in [0.29, 0.717) is 19.4 Å². The van der Waals surface area contributed by atoms with Crippen molar-refractivity contribution in [3.8, 4) is 0 Å². The summed E-state index contributed by atoms with van der Waals surface area (Å²) in [7, 11) is 0. The van der Waals surface area contributed by atoms with E-state index in [0.717, 1.165) is 38.5 Å². The molecule has 0 heterocycles. The minimum Gasteiger partial charge on any atom is -0.550 e. The number of unbranched alkanes of at least 4 members (excludes halogenated alkanes) is 3. The Balaban J connectivity index is -0.000000145. The van der Waals surface area contributed by atoms with Gasteiger partial charge >= 0.3 is 21.7 Å². The molecule has 0 rings (SSSR count). The van der Waals surface area contributed by atoms with Gasteiger partial charge in [0.05, 0.1) is 0 Å². The van der Waals surface area contributed by atoms with Crippen LogP contribution in [0.5, 0.6) is 0 Å². The second-order valence-corrected chi connectivity index (χ2v) is 5.46. The van der Waals surface area contributed by atoms with E-state index in [9.17, 15) is 29.4 Å². The van der Waals surface area contributed by atoms with Crippen LogP contribution in [0.4, 0.5) is 0 Å². The number of aliphatic hydroxyl groups is 1. The molecule has 7 nitrogen and oxygen atoms in total. The van der Waals surface area contributed by atoms with Crippen LogP contribution in [0.1, 0.15) is 85.0 Å². The smallest absolute Gasteiger partial charge is 0.550 e. The summed E-state index contributed by atoms with van der Waals surface area (Å²) in [4.78, 5) is 40.9. The van der Waals surface area contributed by atoms with Crippen molar-refractivity contribution in [3.05, 3.63) is 0 Å². The van der Waals surface area contributed by atoms with E-state index in [2.05, 4.69) is 6.92 Å². The molecule has 0 aliphatic rings. The minimum atomic E-state index is -1.28. The number of hydrogen-bond acceptors (Lipinski definition) is 7. The molecule has 0 amide bonds. The second-order valence-electron chi connectivity index (χ2n) is 5.46.